The summed E-state index contributed by atoms with van der Waals surface area (Å²) in [6.45, 7) is 1.54. The van der Waals surface area contributed by atoms with Crippen LogP contribution in [-0.4, -0.2) is 49.3 Å². The van der Waals surface area contributed by atoms with Crippen LogP contribution in [0.1, 0.15) is 28.3 Å². The summed E-state index contributed by atoms with van der Waals surface area (Å²) in [4.78, 5) is 25.6. The molecule has 2 saturated heterocycles. The minimum Gasteiger partial charge on any atom is -0.430 e. The summed E-state index contributed by atoms with van der Waals surface area (Å²) in [6, 6.07) is 13.0. The van der Waals surface area contributed by atoms with E-state index in [0.717, 1.165) is 6.42 Å². The molecule has 2 aliphatic heterocycles. The Hall–Kier alpha value is -2.44. The van der Waals surface area contributed by atoms with Gasteiger partial charge in [0.1, 0.15) is 18.0 Å². The fraction of sp³-hybridized carbons (Fsp3) is 0.400. The maximum absolute atomic E-state index is 12.8. The Balaban J connectivity index is 1.53. The van der Waals surface area contributed by atoms with Gasteiger partial charge in [0, 0.05) is 19.1 Å². The van der Waals surface area contributed by atoms with Crippen LogP contribution in [0.5, 0.6) is 0 Å². The van der Waals surface area contributed by atoms with Gasteiger partial charge in [-0.25, -0.2) is 4.79 Å². The predicted molar refractivity (Wildman–Crippen MR) is 94.2 cm³/mol. The standard InChI is InChI=1S/C20H21NO5/c1-24-17-10-21(19(23)15-7-8-18(22)25-11-15)13-20(17)9-16(12-26-20)14-5-3-2-4-6-14/h2-8,11,16-17H,9-10,12-13H2,1H3/t16-,17-,20-/m1/s1. The summed E-state index contributed by atoms with van der Waals surface area (Å²) >= 11 is 0. The fourth-order valence-corrected chi connectivity index (χ4v) is 4.04. The van der Waals surface area contributed by atoms with Crippen molar-refractivity contribution >= 4 is 5.91 Å². The number of carbonyl (C=O) groups excluding carboxylic acids is 1. The van der Waals surface area contributed by atoms with E-state index in [1.165, 1.54) is 24.0 Å². The van der Waals surface area contributed by atoms with Crippen LogP contribution >= 0.6 is 0 Å². The number of nitrogens with zero attached hydrogens (tertiary/aromatic N) is 1. The Morgan fingerprint density at radius 2 is 2.04 bits per heavy atom. The van der Waals surface area contributed by atoms with E-state index in [1.54, 1.807) is 12.0 Å². The third-order valence-corrected chi connectivity index (χ3v) is 5.39. The molecule has 1 aromatic carbocycles. The van der Waals surface area contributed by atoms with Gasteiger partial charge >= 0.3 is 5.63 Å². The molecule has 4 rings (SSSR count). The summed E-state index contributed by atoms with van der Waals surface area (Å²) in [7, 11) is 1.65. The highest BCUT2D eigenvalue weighted by Crippen LogP contribution is 2.43. The van der Waals surface area contributed by atoms with Gasteiger partial charge in [-0.2, -0.15) is 0 Å². The molecule has 0 aliphatic carbocycles. The highest BCUT2D eigenvalue weighted by Gasteiger charge is 2.54. The van der Waals surface area contributed by atoms with Crippen molar-refractivity contribution in [2.75, 3.05) is 26.8 Å². The van der Waals surface area contributed by atoms with Crippen molar-refractivity contribution in [2.45, 2.75) is 24.0 Å². The molecule has 2 aromatic rings. The number of benzene rings is 1. The van der Waals surface area contributed by atoms with Crippen molar-refractivity contribution in [3.8, 4) is 0 Å². The lowest BCUT2D eigenvalue weighted by Crippen LogP contribution is -2.42. The molecule has 0 bridgehead atoms. The van der Waals surface area contributed by atoms with Gasteiger partial charge in [-0.05, 0) is 18.1 Å². The minimum absolute atomic E-state index is 0.181. The molecule has 0 radical (unpaired) electrons. The van der Waals surface area contributed by atoms with Crippen LogP contribution in [0.2, 0.25) is 0 Å². The molecule has 1 aromatic heterocycles. The van der Waals surface area contributed by atoms with Crippen molar-refractivity contribution in [3.63, 3.8) is 0 Å². The van der Waals surface area contributed by atoms with E-state index in [1.807, 2.05) is 18.2 Å². The van der Waals surface area contributed by atoms with E-state index in [-0.39, 0.29) is 12.0 Å². The van der Waals surface area contributed by atoms with Crippen LogP contribution in [0.4, 0.5) is 0 Å². The molecule has 2 aliphatic rings. The number of methoxy groups -OCH3 is 1. The molecule has 26 heavy (non-hydrogen) atoms. The van der Waals surface area contributed by atoms with E-state index >= 15 is 0 Å². The van der Waals surface area contributed by atoms with Gasteiger partial charge in [0.25, 0.3) is 5.91 Å². The zero-order valence-electron chi connectivity index (χ0n) is 14.6. The van der Waals surface area contributed by atoms with E-state index in [9.17, 15) is 9.59 Å². The molecule has 1 spiro atoms. The van der Waals surface area contributed by atoms with Crippen LogP contribution in [0, 0.1) is 0 Å². The predicted octanol–water partition coefficient (Wildman–Crippen LogP) is 2.05. The van der Waals surface area contributed by atoms with Gasteiger partial charge in [0.2, 0.25) is 0 Å². The Morgan fingerprint density at radius 1 is 1.23 bits per heavy atom. The molecule has 0 saturated carbocycles. The molecule has 1 amide bonds. The first-order chi connectivity index (χ1) is 12.6. The molecule has 6 heteroatoms. The first-order valence-corrected chi connectivity index (χ1v) is 8.71. The van der Waals surface area contributed by atoms with Crippen LogP contribution in [0.3, 0.4) is 0 Å². The van der Waals surface area contributed by atoms with Gasteiger partial charge in [-0.15, -0.1) is 0 Å². The average Bonchev–Trinajstić information content (AvgIpc) is 3.27. The van der Waals surface area contributed by atoms with Crippen molar-refractivity contribution in [1.29, 1.82) is 0 Å². The Labute approximate surface area is 151 Å². The summed E-state index contributed by atoms with van der Waals surface area (Å²) in [5, 5.41) is 0. The number of carbonyl (C=O) groups is 1. The summed E-state index contributed by atoms with van der Waals surface area (Å²) in [6.07, 6.45) is 1.83. The quantitative estimate of drug-likeness (QED) is 0.843. The van der Waals surface area contributed by atoms with E-state index in [2.05, 4.69) is 12.1 Å². The van der Waals surface area contributed by atoms with Crippen LogP contribution < -0.4 is 5.63 Å². The summed E-state index contributed by atoms with van der Waals surface area (Å²) < 4.78 is 16.7. The summed E-state index contributed by atoms with van der Waals surface area (Å²) in [5.41, 5.74) is 0.627. The molecule has 0 N–H and O–H groups in total. The first-order valence-electron chi connectivity index (χ1n) is 8.71. The zero-order chi connectivity index (χ0) is 18.1. The molecule has 6 nitrogen and oxygen atoms in total. The Kier molecular flexibility index (Phi) is 4.38. The van der Waals surface area contributed by atoms with Gasteiger partial charge in [-0.1, -0.05) is 30.3 Å². The molecular formula is C20H21NO5. The molecule has 136 valence electrons. The van der Waals surface area contributed by atoms with E-state index in [4.69, 9.17) is 13.9 Å². The average molecular weight is 355 g/mol. The maximum Gasteiger partial charge on any atom is 0.335 e. The van der Waals surface area contributed by atoms with Crippen LogP contribution in [-0.2, 0) is 9.47 Å². The Bertz CT molecular complexity index is 828. The molecule has 2 fully saturated rings. The van der Waals surface area contributed by atoms with Crippen LogP contribution in [0.25, 0.3) is 0 Å². The second-order valence-corrected chi connectivity index (χ2v) is 6.94. The number of likely N-dealkylation sites (tertiary alicyclic amines) is 1. The van der Waals surface area contributed by atoms with Crippen LogP contribution in [0.15, 0.2) is 57.9 Å². The highest BCUT2D eigenvalue weighted by atomic mass is 16.6. The lowest BCUT2D eigenvalue weighted by molar-refractivity contribution is -0.0755. The Morgan fingerprint density at radius 3 is 2.73 bits per heavy atom. The van der Waals surface area contributed by atoms with Crippen molar-refractivity contribution in [3.05, 3.63) is 70.3 Å². The third kappa shape index (κ3) is 2.95. The number of hydrogen-bond acceptors (Lipinski definition) is 5. The normalized spacial score (nSPS) is 28.0. The van der Waals surface area contributed by atoms with E-state index < -0.39 is 11.2 Å². The molecule has 0 unspecified atom stereocenters. The largest absolute Gasteiger partial charge is 0.430 e. The van der Waals surface area contributed by atoms with Gasteiger partial charge in [0.15, 0.2) is 0 Å². The smallest absolute Gasteiger partial charge is 0.335 e. The van der Waals surface area contributed by atoms with Crippen molar-refractivity contribution < 1.29 is 18.7 Å². The van der Waals surface area contributed by atoms with Crippen molar-refractivity contribution in [1.82, 2.24) is 4.90 Å². The highest BCUT2D eigenvalue weighted by molar-refractivity contribution is 5.94. The second kappa shape index (κ2) is 6.70. The second-order valence-electron chi connectivity index (χ2n) is 6.94. The third-order valence-electron chi connectivity index (χ3n) is 5.39. The van der Waals surface area contributed by atoms with E-state index in [0.29, 0.717) is 31.2 Å². The number of rotatable bonds is 3. The molecule has 3 atom stereocenters. The summed E-state index contributed by atoms with van der Waals surface area (Å²) in [5.74, 6) is 0.109. The number of ether oxygens (including phenoxy) is 2. The fourth-order valence-electron chi connectivity index (χ4n) is 4.04. The van der Waals surface area contributed by atoms with Gasteiger partial charge < -0.3 is 18.8 Å². The van der Waals surface area contributed by atoms with Gasteiger partial charge in [-0.3, -0.25) is 4.79 Å². The monoisotopic (exact) mass is 355 g/mol. The lowest BCUT2D eigenvalue weighted by Gasteiger charge is -2.28. The lowest BCUT2D eigenvalue weighted by atomic mass is 9.87. The van der Waals surface area contributed by atoms with Gasteiger partial charge in [0.05, 0.1) is 25.3 Å². The molecule has 3 heterocycles. The minimum atomic E-state index is -0.499. The molecular weight excluding hydrogens is 334 g/mol. The SMILES string of the molecule is CO[C@@H]1CN(C(=O)c2ccc(=O)oc2)C[C@]12C[C@@H](c1ccccc1)CO2. The maximum atomic E-state index is 12.8. The zero-order valence-corrected chi connectivity index (χ0v) is 14.6. The number of hydrogen-bond donors (Lipinski definition) is 0. The van der Waals surface area contributed by atoms with Crippen molar-refractivity contribution in [2.24, 2.45) is 0 Å². The first kappa shape index (κ1) is 17.0. The topological polar surface area (TPSA) is 69.0 Å². The number of amides is 1.